The van der Waals surface area contributed by atoms with Crippen LogP contribution in [-0.4, -0.2) is 38.8 Å². The Labute approximate surface area is 184 Å². The Balaban J connectivity index is 2.18. The molecular formula is C22H25N3O3S2. The van der Waals surface area contributed by atoms with Gasteiger partial charge in [0.1, 0.15) is 0 Å². The number of nitrogens with zero attached hydrogens (tertiary/aromatic N) is 3. The van der Waals surface area contributed by atoms with Crippen LogP contribution < -0.4 is 19.0 Å². The van der Waals surface area contributed by atoms with Crippen molar-refractivity contribution in [2.24, 2.45) is 10.1 Å². The monoisotopic (exact) mass is 443 g/mol. The van der Waals surface area contributed by atoms with Crippen LogP contribution in [0.4, 0.5) is 0 Å². The molecule has 1 aromatic carbocycles. The molecule has 0 N–H and O–H groups in total. The Morgan fingerprint density at radius 3 is 2.37 bits per heavy atom. The van der Waals surface area contributed by atoms with Crippen LogP contribution in [0.5, 0.6) is 17.2 Å². The van der Waals surface area contributed by atoms with E-state index in [0.717, 1.165) is 26.5 Å². The number of ether oxygens (including phenoxy) is 3. The number of thiophene rings is 1. The lowest BCUT2D eigenvalue weighted by atomic mass is 10.1. The van der Waals surface area contributed by atoms with E-state index in [4.69, 9.17) is 19.3 Å². The Morgan fingerprint density at radius 1 is 1.13 bits per heavy atom. The zero-order chi connectivity index (χ0) is 21.7. The molecule has 6 nitrogen and oxygen atoms in total. The number of aromatic nitrogens is 1. The summed E-state index contributed by atoms with van der Waals surface area (Å²) in [6.45, 7) is 8.52. The molecule has 0 spiro atoms. The zero-order valence-corrected chi connectivity index (χ0v) is 19.4. The highest BCUT2D eigenvalue weighted by molar-refractivity contribution is 7.11. The summed E-state index contributed by atoms with van der Waals surface area (Å²) in [5, 5.41) is 8.83. The summed E-state index contributed by atoms with van der Waals surface area (Å²) < 4.78 is 18.3. The molecule has 0 fully saturated rings. The minimum atomic E-state index is 0.544. The average Bonchev–Trinajstić information content (AvgIpc) is 3.34. The van der Waals surface area contributed by atoms with E-state index >= 15 is 0 Å². The largest absolute Gasteiger partial charge is 0.493 e. The number of methoxy groups -OCH3 is 3. The van der Waals surface area contributed by atoms with Gasteiger partial charge in [0.25, 0.3) is 0 Å². The second kappa shape index (κ2) is 9.77. The number of rotatable bonds is 8. The summed E-state index contributed by atoms with van der Waals surface area (Å²) >= 11 is 3.18. The van der Waals surface area contributed by atoms with Gasteiger partial charge >= 0.3 is 0 Å². The van der Waals surface area contributed by atoms with Gasteiger partial charge in [-0.15, -0.1) is 22.7 Å². The van der Waals surface area contributed by atoms with Crippen LogP contribution >= 0.6 is 22.7 Å². The lowest BCUT2D eigenvalue weighted by molar-refractivity contribution is 0.324. The molecule has 2 heterocycles. The maximum Gasteiger partial charge on any atom is 0.206 e. The minimum Gasteiger partial charge on any atom is -0.493 e. The van der Waals surface area contributed by atoms with Gasteiger partial charge in [0.2, 0.25) is 10.6 Å². The molecule has 0 aliphatic carbocycles. The molecule has 8 heteroatoms. The Morgan fingerprint density at radius 2 is 1.83 bits per heavy atom. The van der Waals surface area contributed by atoms with E-state index in [1.54, 1.807) is 32.7 Å². The smallest absolute Gasteiger partial charge is 0.206 e. The SMILES string of the molecule is C=C(C)CN=c1scc(-c2cc(OC)c(OC)c(OC)c2)n1N=Cc1sccc1C. The van der Waals surface area contributed by atoms with Gasteiger partial charge in [0, 0.05) is 10.9 Å². The van der Waals surface area contributed by atoms with Gasteiger partial charge in [0.15, 0.2) is 11.5 Å². The molecule has 0 amide bonds. The first-order valence-corrected chi connectivity index (χ1v) is 11.0. The van der Waals surface area contributed by atoms with Crippen molar-refractivity contribution >= 4 is 28.9 Å². The average molecular weight is 444 g/mol. The molecule has 30 heavy (non-hydrogen) atoms. The fourth-order valence-corrected chi connectivity index (χ4v) is 4.39. The van der Waals surface area contributed by atoms with E-state index in [9.17, 15) is 0 Å². The van der Waals surface area contributed by atoms with Gasteiger partial charge < -0.3 is 14.2 Å². The quantitative estimate of drug-likeness (QED) is 0.365. The molecule has 0 unspecified atom stereocenters. The van der Waals surface area contributed by atoms with Crippen molar-refractivity contribution in [1.29, 1.82) is 0 Å². The molecule has 0 radical (unpaired) electrons. The summed E-state index contributed by atoms with van der Waals surface area (Å²) in [6, 6.07) is 5.90. The van der Waals surface area contributed by atoms with Crippen LogP contribution in [0.2, 0.25) is 0 Å². The van der Waals surface area contributed by atoms with Crippen LogP contribution in [0.25, 0.3) is 11.3 Å². The van der Waals surface area contributed by atoms with E-state index in [1.165, 1.54) is 16.9 Å². The summed E-state index contributed by atoms with van der Waals surface area (Å²) in [4.78, 5) is 6.57. The van der Waals surface area contributed by atoms with Crippen molar-refractivity contribution < 1.29 is 14.2 Å². The predicted octanol–water partition coefficient (Wildman–Crippen LogP) is 4.97. The first-order valence-electron chi connectivity index (χ1n) is 9.22. The first-order chi connectivity index (χ1) is 14.5. The Kier molecular flexibility index (Phi) is 7.12. The predicted molar refractivity (Wildman–Crippen MR) is 125 cm³/mol. The van der Waals surface area contributed by atoms with Crippen LogP contribution in [-0.2, 0) is 0 Å². The molecule has 0 saturated carbocycles. The third kappa shape index (κ3) is 4.66. The summed E-state index contributed by atoms with van der Waals surface area (Å²) in [7, 11) is 4.80. The number of benzene rings is 1. The lowest BCUT2D eigenvalue weighted by Crippen LogP contribution is -2.13. The Hall–Kier alpha value is -2.84. The van der Waals surface area contributed by atoms with Gasteiger partial charge in [-0.2, -0.15) is 5.10 Å². The normalized spacial score (nSPS) is 11.8. The van der Waals surface area contributed by atoms with Gasteiger partial charge in [-0.1, -0.05) is 12.2 Å². The summed E-state index contributed by atoms with van der Waals surface area (Å²) in [5.41, 5.74) is 3.94. The summed E-state index contributed by atoms with van der Waals surface area (Å²) in [5.74, 6) is 1.72. The number of hydrogen-bond donors (Lipinski definition) is 0. The first kappa shape index (κ1) is 21.9. The maximum atomic E-state index is 5.52. The maximum absolute atomic E-state index is 5.52. The Bertz CT molecular complexity index is 1110. The molecule has 2 aromatic heterocycles. The highest BCUT2D eigenvalue weighted by Gasteiger charge is 2.17. The van der Waals surface area contributed by atoms with Crippen molar-refractivity contribution in [3.8, 4) is 28.5 Å². The molecule has 0 aliphatic heterocycles. The van der Waals surface area contributed by atoms with Crippen LogP contribution in [0.1, 0.15) is 17.4 Å². The number of aryl methyl sites for hydroxylation is 1. The van der Waals surface area contributed by atoms with Gasteiger partial charge in [-0.25, -0.2) is 4.68 Å². The lowest BCUT2D eigenvalue weighted by Gasteiger charge is -2.14. The van der Waals surface area contributed by atoms with Crippen molar-refractivity contribution in [3.05, 3.63) is 56.4 Å². The van der Waals surface area contributed by atoms with Crippen LogP contribution in [0.15, 0.2) is 51.2 Å². The topological polar surface area (TPSA) is 57.3 Å². The van der Waals surface area contributed by atoms with E-state index in [2.05, 4.69) is 29.9 Å². The third-order valence-corrected chi connectivity index (χ3v) is 6.13. The van der Waals surface area contributed by atoms with Gasteiger partial charge in [0.05, 0.1) is 44.7 Å². The molecule has 0 bridgehead atoms. The molecular weight excluding hydrogens is 418 g/mol. The molecule has 0 aliphatic rings. The van der Waals surface area contributed by atoms with Crippen LogP contribution in [0, 0.1) is 6.92 Å². The highest BCUT2D eigenvalue weighted by atomic mass is 32.1. The van der Waals surface area contributed by atoms with E-state index in [0.29, 0.717) is 23.8 Å². The van der Waals surface area contributed by atoms with E-state index in [-0.39, 0.29) is 0 Å². The number of hydrogen-bond acceptors (Lipinski definition) is 7. The standard InChI is InChI=1S/C22H25N3O3S2/c1-14(2)11-23-22-25(24-12-20-15(3)7-8-29-20)17(13-30-22)16-9-18(26-4)21(28-6)19(10-16)27-5/h7-10,12-13H,1,11H2,2-6H3. The fraction of sp³-hybridized carbons (Fsp3) is 0.273. The summed E-state index contributed by atoms with van der Waals surface area (Å²) in [6.07, 6.45) is 1.87. The fourth-order valence-electron chi connectivity index (χ4n) is 2.78. The second-order valence-electron chi connectivity index (χ2n) is 6.62. The van der Waals surface area contributed by atoms with Crippen molar-refractivity contribution in [2.75, 3.05) is 27.9 Å². The molecule has 3 rings (SSSR count). The number of thiazole rings is 1. The van der Waals surface area contributed by atoms with Gasteiger partial charge in [-0.05, 0) is 43.0 Å². The van der Waals surface area contributed by atoms with Gasteiger partial charge in [-0.3, -0.25) is 4.99 Å². The van der Waals surface area contributed by atoms with E-state index < -0.39 is 0 Å². The van der Waals surface area contributed by atoms with Crippen molar-refractivity contribution in [1.82, 2.24) is 4.68 Å². The molecule has 158 valence electrons. The molecule has 0 saturated heterocycles. The van der Waals surface area contributed by atoms with Crippen LogP contribution in [0.3, 0.4) is 0 Å². The molecule has 0 atom stereocenters. The molecule has 3 aromatic rings. The van der Waals surface area contributed by atoms with Crippen molar-refractivity contribution in [2.45, 2.75) is 13.8 Å². The van der Waals surface area contributed by atoms with E-state index in [1.807, 2.05) is 35.3 Å². The minimum absolute atomic E-state index is 0.544. The van der Waals surface area contributed by atoms with Crippen molar-refractivity contribution in [3.63, 3.8) is 0 Å². The third-order valence-electron chi connectivity index (χ3n) is 4.32. The second-order valence-corrected chi connectivity index (χ2v) is 8.40. The highest BCUT2D eigenvalue weighted by Crippen LogP contribution is 2.41. The zero-order valence-electron chi connectivity index (χ0n) is 17.8.